The van der Waals surface area contributed by atoms with E-state index in [-0.39, 0.29) is 5.92 Å². The van der Waals surface area contributed by atoms with Gasteiger partial charge in [-0.1, -0.05) is 19.9 Å². The van der Waals surface area contributed by atoms with Crippen LogP contribution in [-0.4, -0.2) is 22.4 Å². The molecule has 0 amide bonds. The minimum Gasteiger partial charge on any atom is -0.393 e. The molecule has 0 saturated carbocycles. The van der Waals surface area contributed by atoms with Gasteiger partial charge < -0.3 is 10.2 Å². The molecule has 0 unspecified atom stereocenters. The molecule has 0 heterocycles. The highest BCUT2D eigenvalue weighted by atomic mass is 16.3. The van der Waals surface area contributed by atoms with E-state index in [1.807, 2.05) is 13.8 Å². The quantitative estimate of drug-likeness (QED) is 0.593. The van der Waals surface area contributed by atoms with Crippen LogP contribution < -0.4 is 0 Å². The predicted octanol–water partition coefficient (Wildman–Crippen LogP) is 1.33. The van der Waals surface area contributed by atoms with Gasteiger partial charge in [0.25, 0.3) is 0 Å². The van der Waals surface area contributed by atoms with Crippen molar-refractivity contribution in [3.05, 3.63) is 12.7 Å². The Labute approximate surface area is 68.6 Å². The van der Waals surface area contributed by atoms with E-state index in [1.54, 1.807) is 6.08 Å². The number of hydrogen-bond donors (Lipinski definition) is 2. The Morgan fingerprint density at radius 1 is 1.36 bits per heavy atom. The maximum Gasteiger partial charge on any atom is 0.0599 e. The lowest BCUT2D eigenvalue weighted by molar-refractivity contribution is 0.0550. The first-order valence-electron chi connectivity index (χ1n) is 4.05. The lowest BCUT2D eigenvalue weighted by atomic mass is 10.00. The third-order valence-electron chi connectivity index (χ3n) is 1.72. The number of rotatable bonds is 5. The molecule has 2 nitrogen and oxygen atoms in total. The minimum atomic E-state index is -0.440. The molecular weight excluding hydrogens is 140 g/mol. The van der Waals surface area contributed by atoms with Crippen LogP contribution in [0.5, 0.6) is 0 Å². The second-order valence-electron chi connectivity index (χ2n) is 3.23. The zero-order valence-electron chi connectivity index (χ0n) is 7.33. The zero-order chi connectivity index (χ0) is 8.85. The first-order chi connectivity index (χ1) is 5.07. The molecular formula is C9H18O2. The van der Waals surface area contributed by atoms with Gasteiger partial charge in [0.05, 0.1) is 12.2 Å². The summed E-state index contributed by atoms with van der Waals surface area (Å²) in [6.07, 6.45) is 1.83. The normalized spacial score (nSPS) is 16.5. The maximum atomic E-state index is 9.33. The SMILES string of the molecule is C=CC[C@@H](O)C[C@H](O)C(C)C. The molecule has 0 aliphatic rings. The summed E-state index contributed by atoms with van der Waals surface area (Å²) in [5.74, 6) is 0.217. The van der Waals surface area contributed by atoms with Crippen LogP contribution in [-0.2, 0) is 0 Å². The van der Waals surface area contributed by atoms with Crippen molar-refractivity contribution >= 4 is 0 Å². The van der Waals surface area contributed by atoms with E-state index >= 15 is 0 Å². The van der Waals surface area contributed by atoms with Crippen molar-refractivity contribution in [3.63, 3.8) is 0 Å². The van der Waals surface area contributed by atoms with Crippen LogP contribution in [0.3, 0.4) is 0 Å². The molecule has 0 aromatic rings. The van der Waals surface area contributed by atoms with Gasteiger partial charge in [0.2, 0.25) is 0 Å². The van der Waals surface area contributed by atoms with E-state index in [2.05, 4.69) is 6.58 Å². The van der Waals surface area contributed by atoms with E-state index in [4.69, 9.17) is 0 Å². The van der Waals surface area contributed by atoms with E-state index < -0.39 is 12.2 Å². The van der Waals surface area contributed by atoms with Gasteiger partial charge in [0, 0.05) is 0 Å². The maximum absolute atomic E-state index is 9.33. The summed E-state index contributed by atoms with van der Waals surface area (Å²) in [5.41, 5.74) is 0. The Balaban J connectivity index is 3.56. The van der Waals surface area contributed by atoms with Crippen molar-refractivity contribution in [2.75, 3.05) is 0 Å². The Morgan fingerprint density at radius 3 is 2.27 bits per heavy atom. The Kier molecular flexibility index (Phi) is 5.16. The standard InChI is InChI=1S/C9H18O2/c1-4-5-8(10)6-9(11)7(2)3/h4,7-11H,1,5-6H2,2-3H3/t8-,9+/m1/s1. The molecule has 0 aromatic carbocycles. The number of aliphatic hydroxyl groups is 2. The highest BCUT2D eigenvalue weighted by Gasteiger charge is 2.13. The van der Waals surface area contributed by atoms with E-state index in [0.717, 1.165) is 0 Å². The topological polar surface area (TPSA) is 40.5 Å². The number of aliphatic hydroxyl groups excluding tert-OH is 2. The van der Waals surface area contributed by atoms with Crippen molar-refractivity contribution in [2.45, 2.75) is 38.9 Å². The summed E-state index contributed by atoms with van der Waals surface area (Å²) >= 11 is 0. The average Bonchev–Trinajstić information content (AvgIpc) is 1.87. The van der Waals surface area contributed by atoms with Gasteiger partial charge >= 0.3 is 0 Å². The van der Waals surface area contributed by atoms with Crippen molar-refractivity contribution in [1.29, 1.82) is 0 Å². The van der Waals surface area contributed by atoms with Gasteiger partial charge in [-0.05, 0) is 18.8 Å². The summed E-state index contributed by atoms with van der Waals surface area (Å²) < 4.78 is 0. The lowest BCUT2D eigenvalue weighted by Gasteiger charge is -2.17. The van der Waals surface area contributed by atoms with Crippen molar-refractivity contribution < 1.29 is 10.2 Å². The van der Waals surface area contributed by atoms with E-state index in [0.29, 0.717) is 12.8 Å². The van der Waals surface area contributed by atoms with Crippen molar-refractivity contribution in [1.82, 2.24) is 0 Å². The van der Waals surface area contributed by atoms with Crippen LogP contribution in [0.2, 0.25) is 0 Å². The van der Waals surface area contributed by atoms with Crippen LogP contribution in [0.15, 0.2) is 12.7 Å². The summed E-state index contributed by atoms with van der Waals surface area (Å²) in [7, 11) is 0. The third-order valence-corrected chi connectivity index (χ3v) is 1.72. The Bertz CT molecular complexity index is 110. The van der Waals surface area contributed by atoms with Gasteiger partial charge in [-0.3, -0.25) is 0 Å². The van der Waals surface area contributed by atoms with Gasteiger partial charge in [-0.2, -0.15) is 0 Å². The monoisotopic (exact) mass is 158 g/mol. The molecule has 2 heteroatoms. The molecule has 66 valence electrons. The van der Waals surface area contributed by atoms with Crippen LogP contribution >= 0.6 is 0 Å². The van der Waals surface area contributed by atoms with Crippen LogP contribution in [0.4, 0.5) is 0 Å². The molecule has 2 atom stereocenters. The molecule has 11 heavy (non-hydrogen) atoms. The van der Waals surface area contributed by atoms with Gasteiger partial charge in [-0.15, -0.1) is 6.58 Å². The molecule has 0 aliphatic heterocycles. The second kappa shape index (κ2) is 5.33. The highest BCUT2D eigenvalue weighted by Crippen LogP contribution is 2.10. The van der Waals surface area contributed by atoms with Crippen LogP contribution in [0.25, 0.3) is 0 Å². The lowest BCUT2D eigenvalue weighted by Crippen LogP contribution is -2.21. The molecule has 2 N–H and O–H groups in total. The fraction of sp³-hybridized carbons (Fsp3) is 0.778. The highest BCUT2D eigenvalue weighted by molar-refractivity contribution is 4.75. The van der Waals surface area contributed by atoms with Crippen molar-refractivity contribution in [3.8, 4) is 0 Å². The Morgan fingerprint density at radius 2 is 1.91 bits per heavy atom. The summed E-state index contributed by atoms with van der Waals surface area (Å²) in [4.78, 5) is 0. The minimum absolute atomic E-state index is 0.217. The summed E-state index contributed by atoms with van der Waals surface area (Å²) in [6.45, 7) is 7.38. The largest absolute Gasteiger partial charge is 0.393 e. The summed E-state index contributed by atoms with van der Waals surface area (Å²) in [6, 6.07) is 0. The molecule has 0 bridgehead atoms. The van der Waals surface area contributed by atoms with Crippen LogP contribution in [0, 0.1) is 5.92 Å². The smallest absolute Gasteiger partial charge is 0.0599 e. The summed E-state index contributed by atoms with van der Waals surface area (Å²) in [5, 5.41) is 18.6. The average molecular weight is 158 g/mol. The van der Waals surface area contributed by atoms with Gasteiger partial charge in [0.15, 0.2) is 0 Å². The van der Waals surface area contributed by atoms with E-state index in [9.17, 15) is 10.2 Å². The predicted molar refractivity (Wildman–Crippen MR) is 46.3 cm³/mol. The van der Waals surface area contributed by atoms with E-state index in [1.165, 1.54) is 0 Å². The van der Waals surface area contributed by atoms with Crippen molar-refractivity contribution in [2.24, 2.45) is 5.92 Å². The molecule has 0 rings (SSSR count). The first kappa shape index (κ1) is 10.7. The van der Waals surface area contributed by atoms with Gasteiger partial charge in [0.1, 0.15) is 0 Å². The Hall–Kier alpha value is -0.340. The number of hydrogen-bond acceptors (Lipinski definition) is 2. The molecule has 0 aliphatic carbocycles. The molecule has 0 radical (unpaired) electrons. The third kappa shape index (κ3) is 4.99. The van der Waals surface area contributed by atoms with Gasteiger partial charge in [-0.25, -0.2) is 0 Å². The first-order valence-corrected chi connectivity index (χ1v) is 4.05. The zero-order valence-corrected chi connectivity index (χ0v) is 7.33. The second-order valence-corrected chi connectivity index (χ2v) is 3.23. The molecule has 0 aromatic heterocycles. The molecule has 0 spiro atoms. The molecule has 0 fully saturated rings. The molecule has 0 saturated heterocycles. The van der Waals surface area contributed by atoms with Crippen LogP contribution in [0.1, 0.15) is 26.7 Å². The fourth-order valence-electron chi connectivity index (χ4n) is 0.840. The fourth-order valence-corrected chi connectivity index (χ4v) is 0.840.